The highest BCUT2D eigenvalue weighted by Crippen LogP contribution is 1.73. The molecule has 11 heavy (non-hydrogen) atoms. The quantitative estimate of drug-likeness (QED) is 0.517. The zero-order valence-corrected chi connectivity index (χ0v) is 7.41. The molecule has 0 aliphatic rings. The highest BCUT2D eigenvalue weighted by atomic mass is 14.6. The van der Waals surface area contributed by atoms with Crippen molar-refractivity contribution in [1.82, 2.24) is 4.98 Å². The van der Waals surface area contributed by atoms with Crippen LogP contribution in [0.1, 0.15) is 20.8 Å². The van der Waals surface area contributed by atoms with E-state index in [-0.39, 0.29) is 0 Å². The molecule has 0 atom stereocenters. The van der Waals surface area contributed by atoms with Gasteiger partial charge in [0, 0.05) is 12.4 Å². The van der Waals surface area contributed by atoms with Crippen LogP contribution in [0.4, 0.5) is 0 Å². The van der Waals surface area contributed by atoms with Crippen molar-refractivity contribution in [2.75, 3.05) is 0 Å². The first-order valence-electron chi connectivity index (χ1n) is 3.64. The van der Waals surface area contributed by atoms with E-state index in [4.69, 9.17) is 0 Å². The number of nitrogens with zero attached hydrogens (tertiary/aromatic N) is 1. The number of aromatic nitrogens is 1. The zero-order chi connectivity index (χ0) is 8.95. The first-order chi connectivity index (χ1) is 5.41. The minimum Gasteiger partial charge on any atom is -0.265 e. The molecule has 0 saturated carbocycles. The Morgan fingerprint density at radius 3 is 1.55 bits per heavy atom. The maximum atomic E-state index is 4.60. The Kier molecular flexibility index (Phi) is 17.9. The van der Waals surface area contributed by atoms with E-state index in [1.54, 1.807) is 19.3 Å². The number of terminal acetylenes is 1. The summed E-state index contributed by atoms with van der Waals surface area (Å²) < 4.78 is 0. The van der Waals surface area contributed by atoms with E-state index >= 15 is 0 Å². The molecule has 1 heterocycles. The van der Waals surface area contributed by atoms with Gasteiger partial charge in [0.05, 0.1) is 0 Å². The molecule has 0 aromatic carbocycles. The summed E-state index contributed by atoms with van der Waals surface area (Å²) in [6.45, 7) is 5.65. The van der Waals surface area contributed by atoms with Gasteiger partial charge in [0.15, 0.2) is 0 Å². The molecular weight excluding hydrogens is 134 g/mol. The van der Waals surface area contributed by atoms with E-state index in [1.165, 1.54) is 0 Å². The lowest BCUT2D eigenvalue weighted by atomic mass is 10.5. The van der Waals surface area contributed by atoms with E-state index in [0.717, 1.165) is 0 Å². The van der Waals surface area contributed by atoms with E-state index in [9.17, 15) is 0 Å². The number of hydrogen-bond acceptors (Lipinski definition) is 1. The van der Waals surface area contributed by atoms with Gasteiger partial charge in [-0.15, -0.1) is 12.3 Å². The summed E-state index contributed by atoms with van der Waals surface area (Å²) >= 11 is 0. The summed E-state index contributed by atoms with van der Waals surface area (Å²) in [6, 6.07) is 5.72. The van der Waals surface area contributed by atoms with Crippen molar-refractivity contribution in [2.45, 2.75) is 20.8 Å². The van der Waals surface area contributed by atoms with Crippen molar-refractivity contribution in [1.29, 1.82) is 0 Å². The monoisotopic (exact) mass is 149 g/mol. The van der Waals surface area contributed by atoms with Gasteiger partial charge in [-0.2, -0.15) is 0 Å². The molecule has 0 aliphatic carbocycles. The van der Waals surface area contributed by atoms with Crippen molar-refractivity contribution in [3.8, 4) is 12.3 Å². The van der Waals surface area contributed by atoms with E-state index in [0.29, 0.717) is 0 Å². The van der Waals surface area contributed by atoms with Gasteiger partial charge >= 0.3 is 0 Å². The largest absolute Gasteiger partial charge is 0.265 e. The number of rotatable bonds is 0. The molecule has 1 nitrogen and oxygen atoms in total. The molecule has 0 bridgehead atoms. The number of hydrogen-bond donors (Lipinski definition) is 0. The molecule has 1 aromatic heterocycles. The fraction of sp³-hybridized carbons (Fsp3) is 0.300. The predicted molar refractivity (Wildman–Crippen MR) is 50.1 cm³/mol. The minimum absolute atomic E-state index is 1.65. The normalized spacial score (nSPS) is 5.64. The van der Waals surface area contributed by atoms with Crippen molar-refractivity contribution in [2.24, 2.45) is 0 Å². The molecule has 0 spiro atoms. The van der Waals surface area contributed by atoms with E-state index in [1.807, 2.05) is 32.0 Å². The average Bonchev–Trinajstić information content (AvgIpc) is 2.12. The second-order valence-corrected chi connectivity index (χ2v) is 1.31. The molecule has 0 N–H and O–H groups in total. The van der Waals surface area contributed by atoms with Crippen LogP contribution in [0.5, 0.6) is 0 Å². The van der Waals surface area contributed by atoms with Crippen LogP contribution in [0.15, 0.2) is 30.6 Å². The van der Waals surface area contributed by atoms with Gasteiger partial charge in [-0.1, -0.05) is 19.9 Å². The van der Waals surface area contributed by atoms with Gasteiger partial charge < -0.3 is 0 Å². The minimum atomic E-state index is 1.65. The highest BCUT2D eigenvalue weighted by Gasteiger charge is 1.58. The van der Waals surface area contributed by atoms with Crippen LogP contribution in [-0.4, -0.2) is 4.98 Å². The van der Waals surface area contributed by atoms with Crippen molar-refractivity contribution in [3.63, 3.8) is 0 Å². The Morgan fingerprint density at radius 1 is 1.09 bits per heavy atom. The zero-order valence-electron chi connectivity index (χ0n) is 7.41. The summed E-state index contributed by atoms with van der Waals surface area (Å²) in [5, 5.41) is 0. The third-order valence-corrected chi connectivity index (χ3v) is 0.566. The molecule has 0 amide bonds. The van der Waals surface area contributed by atoms with Gasteiger partial charge in [-0.05, 0) is 19.1 Å². The van der Waals surface area contributed by atoms with Crippen LogP contribution in [0.3, 0.4) is 0 Å². The molecule has 0 fully saturated rings. The molecule has 1 heteroatoms. The second-order valence-electron chi connectivity index (χ2n) is 1.31. The molecule has 1 rings (SSSR count). The summed E-state index contributed by atoms with van der Waals surface area (Å²) in [5.74, 6) is 2.25. The van der Waals surface area contributed by atoms with Crippen molar-refractivity contribution in [3.05, 3.63) is 30.6 Å². The summed E-state index contributed by atoms with van der Waals surface area (Å²) in [6.07, 6.45) is 8.10. The first-order valence-corrected chi connectivity index (χ1v) is 3.64. The summed E-state index contributed by atoms with van der Waals surface area (Å²) in [7, 11) is 0. The fourth-order valence-corrected chi connectivity index (χ4v) is 0.313. The van der Waals surface area contributed by atoms with Crippen LogP contribution >= 0.6 is 0 Å². The highest BCUT2D eigenvalue weighted by molar-refractivity contribution is 4.88. The molecule has 1 aromatic rings. The summed E-state index contributed by atoms with van der Waals surface area (Å²) in [5.41, 5.74) is 0. The van der Waals surface area contributed by atoms with Crippen LogP contribution in [0.2, 0.25) is 0 Å². The summed E-state index contributed by atoms with van der Waals surface area (Å²) in [4.78, 5) is 3.78. The molecular formula is C10H15N. The van der Waals surface area contributed by atoms with E-state index < -0.39 is 0 Å². The topological polar surface area (TPSA) is 12.9 Å². The smallest absolute Gasteiger partial charge is 0.0267 e. The van der Waals surface area contributed by atoms with Crippen LogP contribution < -0.4 is 0 Å². The average molecular weight is 149 g/mol. The third-order valence-electron chi connectivity index (χ3n) is 0.566. The Bertz CT molecular complexity index is 135. The van der Waals surface area contributed by atoms with Crippen LogP contribution in [-0.2, 0) is 0 Å². The lowest BCUT2D eigenvalue weighted by Gasteiger charge is -1.70. The van der Waals surface area contributed by atoms with Crippen molar-refractivity contribution < 1.29 is 0 Å². The Labute approximate surface area is 69.5 Å². The number of pyridine rings is 1. The molecule has 0 unspecified atom stereocenters. The van der Waals surface area contributed by atoms with Crippen LogP contribution in [0.25, 0.3) is 0 Å². The second kappa shape index (κ2) is 15.9. The maximum absolute atomic E-state index is 4.60. The fourth-order valence-electron chi connectivity index (χ4n) is 0.313. The Hall–Kier alpha value is -1.29. The molecule has 0 saturated heterocycles. The van der Waals surface area contributed by atoms with Gasteiger partial charge in [0.25, 0.3) is 0 Å². The van der Waals surface area contributed by atoms with Gasteiger partial charge in [-0.25, -0.2) is 0 Å². The standard InChI is InChI=1S/C5H5N.C3H4.C2H6/c1-2-4-6-5-3-1;1-3-2;1-2/h1-5H;1H,2H3;1-2H3. The van der Waals surface area contributed by atoms with Crippen LogP contribution in [0, 0.1) is 12.3 Å². The van der Waals surface area contributed by atoms with Gasteiger partial charge in [-0.3, -0.25) is 4.98 Å². The SMILES string of the molecule is C#CC.CC.c1ccncc1. The molecule has 60 valence electrons. The molecule has 0 radical (unpaired) electrons. The predicted octanol–water partition coefficient (Wildman–Crippen LogP) is 2.75. The molecule has 0 aliphatic heterocycles. The van der Waals surface area contributed by atoms with Gasteiger partial charge in [0.1, 0.15) is 0 Å². The first kappa shape index (κ1) is 12.4. The van der Waals surface area contributed by atoms with E-state index in [2.05, 4.69) is 17.3 Å². The Balaban J connectivity index is 0. The van der Waals surface area contributed by atoms with Gasteiger partial charge in [0.2, 0.25) is 0 Å². The van der Waals surface area contributed by atoms with Crippen molar-refractivity contribution >= 4 is 0 Å². The Morgan fingerprint density at radius 2 is 1.45 bits per heavy atom. The lowest BCUT2D eigenvalue weighted by Crippen LogP contribution is -1.58. The third kappa shape index (κ3) is 17.7. The maximum Gasteiger partial charge on any atom is 0.0267 e. The lowest BCUT2D eigenvalue weighted by molar-refractivity contribution is 1.33.